The fourth-order valence-corrected chi connectivity index (χ4v) is 7.46. The van der Waals surface area contributed by atoms with Gasteiger partial charge in [0.1, 0.15) is 11.4 Å². The van der Waals surface area contributed by atoms with Crippen LogP contribution in [0.1, 0.15) is 76.2 Å². The largest absolute Gasteiger partial charge is 0.484 e. The van der Waals surface area contributed by atoms with Crippen LogP contribution < -0.4 is 26.2 Å². The fraction of sp³-hybridized carbons (Fsp3) is 0.567. The van der Waals surface area contributed by atoms with Crippen molar-refractivity contribution < 1.29 is 14.4 Å². The average molecular weight is 574 g/mol. The molecule has 1 amide bonds. The molecule has 210 valence electrons. The molecule has 9 heteroatoms. The summed E-state index contributed by atoms with van der Waals surface area (Å²) in [4.78, 5) is 18.7. The smallest absolute Gasteiger partial charge is 0.258 e. The van der Waals surface area contributed by atoms with E-state index in [4.69, 9.17) is 32.8 Å². The summed E-state index contributed by atoms with van der Waals surface area (Å²) in [6, 6.07) is 15.2. The van der Waals surface area contributed by atoms with E-state index in [-0.39, 0.29) is 29.9 Å². The molecule has 2 bridgehead atoms. The third-order valence-corrected chi connectivity index (χ3v) is 9.52. The monoisotopic (exact) mass is 572 g/mol. The number of hydrogen-bond donors (Lipinski definition) is 4. The van der Waals surface area contributed by atoms with Gasteiger partial charge in [0.15, 0.2) is 13.0 Å². The zero-order valence-corrected chi connectivity index (χ0v) is 23.8. The number of rotatable bonds is 8. The zero-order valence-electron chi connectivity index (χ0n) is 22.2. The number of amides is 1. The number of halogens is 2. The zero-order chi connectivity index (χ0) is 26.9. The molecule has 2 aromatic carbocycles. The summed E-state index contributed by atoms with van der Waals surface area (Å²) in [6.07, 6.45) is 12.3. The number of hydrogen-bond acceptors (Lipinski definition) is 6. The number of hydroxylamine groups is 1. The highest BCUT2D eigenvalue weighted by Crippen LogP contribution is 2.60. The van der Waals surface area contributed by atoms with Gasteiger partial charge >= 0.3 is 0 Å². The molecule has 7 rings (SSSR count). The molecular weight excluding hydrogens is 535 g/mol. The Morgan fingerprint density at radius 2 is 1.46 bits per heavy atom. The van der Waals surface area contributed by atoms with Gasteiger partial charge in [-0.3, -0.25) is 20.3 Å². The van der Waals surface area contributed by atoms with Crippen LogP contribution >= 0.6 is 23.2 Å². The van der Waals surface area contributed by atoms with Crippen LogP contribution in [0.15, 0.2) is 48.5 Å². The van der Waals surface area contributed by atoms with Gasteiger partial charge in [-0.05, 0) is 80.0 Å². The summed E-state index contributed by atoms with van der Waals surface area (Å²) in [5.74, 6) is 0.936. The minimum absolute atomic E-state index is 0.00791. The highest BCUT2D eigenvalue weighted by molar-refractivity contribution is 6.30. The van der Waals surface area contributed by atoms with Gasteiger partial charge in [-0.15, -0.1) is 0 Å². The maximum absolute atomic E-state index is 12.5. The Hall–Kier alpha value is -1.87. The van der Waals surface area contributed by atoms with Crippen molar-refractivity contribution in [2.45, 2.75) is 93.7 Å². The molecule has 2 aromatic rings. The summed E-state index contributed by atoms with van der Waals surface area (Å²) >= 11 is 12.2. The van der Waals surface area contributed by atoms with Gasteiger partial charge in [-0.1, -0.05) is 73.9 Å². The first-order valence-corrected chi connectivity index (χ1v) is 15.1. The third kappa shape index (κ3) is 5.81. The first kappa shape index (κ1) is 27.3. The Labute approximate surface area is 240 Å². The molecule has 39 heavy (non-hydrogen) atoms. The van der Waals surface area contributed by atoms with Crippen molar-refractivity contribution in [1.29, 1.82) is 0 Å². The first-order valence-electron chi connectivity index (χ1n) is 14.3. The maximum Gasteiger partial charge on any atom is 0.258 e. The van der Waals surface area contributed by atoms with Crippen molar-refractivity contribution in [3.05, 3.63) is 64.1 Å². The molecule has 2 unspecified atom stereocenters. The van der Waals surface area contributed by atoms with Crippen LogP contribution in [0, 0.1) is 5.92 Å². The Balaban J connectivity index is 1.05. The van der Waals surface area contributed by atoms with E-state index in [2.05, 4.69) is 33.6 Å². The second-order valence-corrected chi connectivity index (χ2v) is 12.9. The van der Waals surface area contributed by atoms with E-state index in [1.165, 1.54) is 38.5 Å². The summed E-state index contributed by atoms with van der Waals surface area (Å²) in [6.45, 7) is -0.00791. The maximum atomic E-state index is 12.5. The Kier molecular flexibility index (Phi) is 7.83. The van der Waals surface area contributed by atoms with Crippen molar-refractivity contribution in [1.82, 2.24) is 21.4 Å². The molecule has 5 aliphatic rings. The number of nitrogens with one attached hydrogen (secondary N) is 4. The molecule has 1 heterocycles. The number of carbonyl (C=O) groups is 1. The van der Waals surface area contributed by atoms with Crippen LogP contribution in [-0.2, 0) is 15.3 Å². The van der Waals surface area contributed by atoms with Gasteiger partial charge in [0.05, 0.1) is 0 Å². The summed E-state index contributed by atoms with van der Waals surface area (Å²) in [5.41, 5.74) is 3.95. The van der Waals surface area contributed by atoms with Crippen molar-refractivity contribution in [3.8, 4) is 5.75 Å². The third-order valence-electron chi connectivity index (χ3n) is 9.02. The van der Waals surface area contributed by atoms with E-state index in [0.29, 0.717) is 16.7 Å². The topological polar surface area (TPSA) is 83.7 Å². The normalized spacial score (nSPS) is 32.7. The number of ether oxygens (including phenoxy) is 1. The van der Waals surface area contributed by atoms with Crippen molar-refractivity contribution in [3.63, 3.8) is 0 Å². The van der Waals surface area contributed by atoms with E-state index < -0.39 is 5.66 Å². The second kappa shape index (κ2) is 11.2. The summed E-state index contributed by atoms with van der Waals surface area (Å²) < 4.78 is 5.61. The van der Waals surface area contributed by atoms with Crippen LogP contribution in [0.3, 0.4) is 0 Å². The fourth-order valence-electron chi connectivity index (χ4n) is 7.20. The molecule has 4 aliphatic carbocycles. The molecule has 4 saturated carbocycles. The molecular formula is C30H38Cl2N4O3. The van der Waals surface area contributed by atoms with Crippen molar-refractivity contribution in [2.24, 2.45) is 5.92 Å². The highest BCUT2D eigenvalue weighted by atomic mass is 35.5. The van der Waals surface area contributed by atoms with Crippen LogP contribution in [0.5, 0.6) is 5.75 Å². The lowest BCUT2D eigenvalue weighted by atomic mass is 9.44. The second-order valence-electron chi connectivity index (χ2n) is 12.0. The highest BCUT2D eigenvalue weighted by Gasteiger charge is 2.69. The van der Waals surface area contributed by atoms with Crippen LogP contribution in [0.25, 0.3) is 0 Å². The van der Waals surface area contributed by atoms with Gasteiger partial charge < -0.3 is 10.1 Å². The molecule has 1 saturated heterocycles. The van der Waals surface area contributed by atoms with Crippen molar-refractivity contribution >= 4 is 29.1 Å². The van der Waals surface area contributed by atoms with Crippen LogP contribution in [-0.4, -0.2) is 29.9 Å². The average Bonchev–Trinajstić information content (AvgIpc) is 3.36. The Morgan fingerprint density at radius 1 is 0.872 bits per heavy atom. The van der Waals surface area contributed by atoms with E-state index in [1.54, 1.807) is 24.3 Å². The SMILES string of the molecule is O=C(COc1ccc(Cl)cc1)NC12CC(NC3NC(c4ccc(Cl)cc4)(C4CCCCCCCC4)NO3)(C1)C2. The molecule has 0 spiro atoms. The lowest BCUT2D eigenvalue weighted by Crippen LogP contribution is -2.84. The van der Waals surface area contributed by atoms with Crippen LogP contribution in [0.2, 0.25) is 10.0 Å². The van der Waals surface area contributed by atoms with Crippen LogP contribution in [0.4, 0.5) is 0 Å². The van der Waals surface area contributed by atoms with E-state index >= 15 is 0 Å². The lowest BCUT2D eigenvalue weighted by molar-refractivity contribution is -0.156. The molecule has 1 aliphatic heterocycles. The minimum atomic E-state index is -0.471. The van der Waals surface area contributed by atoms with E-state index in [9.17, 15) is 4.79 Å². The quantitative estimate of drug-likeness (QED) is 0.321. The molecule has 0 radical (unpaired) electrons. The summed E-state index contributed by atoms with van der Waals surface area (Å²) in [5, 5.41) is 12.1. The minimum Gasteiger partial charge on any atom is -0.484 e. The standard InChI is InChI=1S/C30H38Cl2N4O3/c31-23-11-9-22(10-12-23)30(21-7-5-3-1-2-4-6-8-21)35-27(39-36-30)34-29-18-28(19-29,20-29)33-26(37)17-38-25-15-13-24(32)14-16-25/h9-16,21,27,34-36H,1-8,17-20H2,(H,33,37). The first-order chi connectivity index (χ1) is 18.9. The Morgan fingerprint density at radius 3 is 2.10 bits per heavy atom. The predicted octanol–water partition coefficient (Wildman–Crippen LogP) is 5.76. The van der Waals surface area contributed by atoms with Gasteiger partial charge in [0.2, 0.25) is 0 Å². The van der Waals surface area contributed by atoms with Gasteiger partial charge in [-0.25, -0.2) is 0 Å². The molecule has 5 fully saturated rings. The van der Waals surface area contributed by atoms with E-state index in [1.807, 2.05) is 12.1 Å². The van der Waals surface area contributed by atoms with Gasteiger partial charge in [-0.2, -0.15) is 5.48 Å². The molecule has 4 N–H and O–H groups in total. The lowest BCUT2D eigenvalue weighted by Gasteiger charge is -2.71. The number of benzene rings is 2. The molecule has 7 nitrogen and oxygen atoms in total. The van der Waals surface area contributed by atoms with Gasteiger partial charge in [0, 0.05) is 21.1 Å². The summed E-state index contributed by atoms with van der Waals surface area (Å²) in [7, 11) is 0. The van der Waals surface area contributed by atoms with Crippen molar-refractivity contribution in [2.75, 3.05) is 6.61 Å². The number of carbonyl (C=O) groups excluding carboxylic acids is 1. The Bertz CT molecular complexity index is 1130. The predicted molar refractivity (Wildman–Crippen MR) is 152 cm³/mol. The van der Waals surface area contributed by atoms with Gasteiger partial charge in [0.25, 0.3) is 5.91 Å². The molecule has 2 atom stereocenters. The van der Waals surface area contributed by atoms with E-state index in [0.717, 1.165) is 42.7 Å². The molecule has 0 aromatic heterocycles.